The minimum atomic E-state index is -0.320. The van der Waals surface area contributed by atoms with E-state index in [1.54, 1.807) is 0 Å². The molecule has 0 saturated carbocycles. The summed E-state index contributed by atoms with van der Waals surface area (Å²) < 4.78 is 4.47. The van der Waals surface area contributed by atoms with E-state index in [1.807, 2.05) is 24.3 Å². The van der Waals surface area contributed by atoms with Gasteiger partial charge in [-0.05, 0) is 17.7 Å². The first kappa shape index (κ1) is 11.6. The maximum Gasteiger partial charge on any atom is 0.317 e. The van der Waals surface area contributed by atoms with Crippen LogP contribution in [-0.4, -0.2) is 13.1 Å². The lowest BCUT2D eigenvalue weighted by Crippen LogP contribution is -1.96. The number of hydrogen-bond acceptors (Lipinski definition) is 2. The van der Waals surface area contributed by atoms with E-state index in [0.29, 0.717) is 5.88 Å². The van der Waals surface area contributed by atoms with Crippen LogP contribution in [0.4, 0.5) is 0 Å². The molecule has 15 heavy (non-hydrogen) atoms. The van der Waals surface area contributed by atoms with Crippen LogP contribution in [0.2, 0.25) is 0 Å². The molecular weight excluding hydrogens is 212 g/mol. The van der Waals surface area contributed by atoms with E-state index < -0.39 is 0 Å². The summed E-state index contributed by atoms with van der Waals surface area (Å²) >= 11 is 5.65. The first-order valence-corrected chi connectivity index (χ1v) is 5.00. The van der Waals surface area contributed by atoms with Gasteiger partial charge in [0, 0.05) is 11.4 Å². The van der Waals surface area contributed by atoms with E-state index in [9.17, 15) is 4.79 Å². The van der Waals surface area contributed by atoms with Crippen LogP contribution in [0.15, 0.2) is 24.3 Å². The smallest absolute Gasteiger partial charge is 0.317 e. The van der Waals surface area contributed by atoms with Crippen molar-refractivity contribution in [3.63, 3.8) is 0 Å². The SMILES string of the molecule is COC(=O)CC#Cc1ccc(CCl)cc1. The maximum absolute atomic E-state index is 10.8. The van der Waals surface area contributed by atoms with Gasteiger partial charge >= 0.3 is 5.97 Å². The lowest BCUT2D eigenvalue weighted by molar-refractivity contribution is -0.139. The highest BCUT2D eigenvalue weighted by atomic mass is 35.5. The number of ether oxygens (including phenoxy) is 1. The van der Waals surface area contributed by atoms with E-state index >= 15 is 0 Å². The largest absolute Gasteiger partial charge is 0.468 e. The quantitative estimate of drug-likeness (QED) is 0.436. The minimum absolute atomic E-state index is 0.119. The van der Waals surface area contributed by atoms with Crippen LogP contribution >= 0.6 is 11.6 Å². The monoisotopic (exact) mass is 222 g/mol. The Hall–Kier alpha value is -1.46. The van der Waals surface area contributed by atoms with Gasteiger partial charge < -0.3 is 4.74 Å². The molecule has 0 radical (unpaired) electrons. The highest BCUT2D eigenvalue weighted by Crippen LogP contribution is 2.05. The third-order valence-electron chi connectivity index (χ3n) is 1.80. The number of alkyl halides is 1. The van der Waals surface area contributed by atoms with Gasteiger partial charge in [0.25, 0.3) is 0 Å². The fourth-order valence-corrected chi connectivity index (χ4v) is 1.15. The Morgan fingerprint density at radius 2 is 2.07 bits per heavy atom. The summed E-state index contributed by atoms with van der Waals surface area (Å²) in [7, 11) is 1.35. The Morgan fingerprint density at radius 1 is 1.40 bits per heavy atom. The number of esters is 1. The average Bonchev–Trinajstić information content (AvgIpc) is 2.29. The van der Waals surface area contributed by atoms with Gasteiger partial charge in [-0.15, -0.1) is 11.6 Å². The molecule has 1 aromatic rings. The predicted octanol–water partition coefficient (Wildman–Crippen LogP) is 2.34. The lowest BCUT2D eigenvalue weighted by atomic mass is 10.1. The Bertz CT molecular complexity index is 384. The number of benzene rings is 1. The molecule has 0 saturated heterocycles. The number of halogens is 1. The first-order valence-electron chi connectivity index (χ1n) is 4.47. The number of rotatable bonds is 2. The number of hydrogen-bond donors (Lipinski definition) is 0. The van der Waals surface area contributed by atoms with Crippen LogP contribution in [0.5, 0.6) is 0 Å². The second-order valence-electron chi connectivity index (χ2n) is 2.89. The van der Waals surface area contributed by atoms with Crippen LogP contribution < -0.4 is 0 Å². The van der Waals surface area contributed by atoms with Crippen LogP contribution in [0.1, 0.15) is 17.5 Å². The second-order valence-corrected chi connectivity index (χ2v) is 3.15. The molecule has 0 fully saturated rings. The summed E-state index contributed by atoms with van der Waals surface area (Å²) in [6.45, 7) is 0. The van der Waals surface area contributed by atoms with Crippen molar-refractivity contribution < 1.29 is 9.53 Å². The van der Waals surface area contributed by atoms with Gasteiger partial charge in [0.2, 0.25) is 0 Å². The van der Waals surface area contributed by atoms with Gasteiger partial charge in [-0.1, -0.05) is 24.0 Å². The van der Waals surface area contributed by atoms with E-state index in [4.69, 9.17) is 11.6 Å². The summed E-state index contributed by atoms with van der Waals surface area (Å²) in [5.74, 6) is 5.78. The molecule has 1 aromatic carbocycles. The highest BCUT2D eigenvalue weighted by Gasteiger charge is 1.94. The molecule has 0 spiro atoms. The topological polar surface area (TPSA) is 26.3 Å². The first-order chi connectivity index (χ1) is 7.26. The van der Waals surface area contributed by atoms with E-state index in [2.05, 4.69) is 16.6 Å². The number of carbonyl (C=O) groups is 1. The average molecular weight is 223 g/mol. The zero-order valence-electron chi connectivity index (χ0n) is 8.42. The summed E-state index contributed by atoms with van der Waals surface area (Å²) in [6, 6.07) is 7.58. The zero-order valence-corrected chi connectivity index (χ0v) is 9.17. The van der Waals surface area contributed by atoms with Gasteiger partial charge in [0.05, 0.1) is 7.11 Å². The Kier molecular flexibility index (Phi) is 4.73. The van der Waals surface area contributed by atoms with Gasteiger partial charge in [-0.3, -0.25) is 4.79 Å². The molecule has 0 heterocycles. The van der Waals surface area contributed by atoms with E-state index in [0.717, 1.165) is 11.1 Å². The summed E-state index contributed by atoms with van der Waals surface area (Å²) in [5.41, 5.74) is 1.92. The summed E-state index contributed by atoms with van der Waals surface area (Å²) in [6.07, 6.45) is 0.119. The van der Waals surface area contributed by atoms with Crippen molar-refractivity contribution in [2.45, 2.75) is 12.3 Å². The zero-order chi connectivity index (χ0) is 11.1. The van der Waals surface area contributed by atoms with Crippen LogP contribution in [0.25, 0.3) is 0 Å². The van der Waals surface area contributed by atoms with Crippen LogP contribution in [-0.2, 0) is 15.4 Å². The lowest BCUT2D eigenvalue weighted by Gasteiger charge is -1.94. The molecule has 2 nitrogen and oxygen atoms in total. The summed E-state index contributed by atoms with van der Waals surface area (Å²) in [5, 5.41) is 0. The third kappa shape index (κ3) is 4.05. The van der Waals surface area contributed by atoms with Crippen LogP contribution in [0.3, 0.4) is 0 Å². The number of carbonyl (C=O) groups excluding carboxylic acids is 1. The van der Waals surface area contributed by atoms with Gasteiger partial charge in [-0.2, -0.15) is 0 Å². The van der Waals surface area contributed by atoms with Crippen molar-refractivity contribution in [1.29, 1.82) is 0 Å². The Morgan fingerprint density at radius 3 is 2.60 bits per heavy atom. The molecule has 78 valence electrons. The van der Waals surface area contributed by atoms with Crippen LogP contribution in [0, 0.1) is 11.8 Å². The van der Waals surface area contributed by atoms with Crippen molar-refractivity contribution in [3.05, 3.63) is 35.4 Å². The van der Waals surface area contributed by atoms with Gasteiger partial charge in [0.15, 0.2) is 0 Å². The van der Waals surface area contributed by atoms with Crippen molar-refractivity contribution in [3.8, 4) is 11.8 Å². The maximum atomic E-state index is 10.8. The molecule has 0 bridgehead atoms. The fraction of sp³-hybridized carbons (Fsp3) is 0.250. The molecule has 0 unspecified atom stereocenters. The molecule has 0 atom stereocenters. The van der Waals surface area contributed by atoms with E-state index in [-0.39, 0.29) is 12.4 Å². The second kappa shape index (κ2) is 6.10. The molecule has 0 aromatic heterocycles. The summed E-state index contributed by atoms with van der Waals surface area (Å²) in [4.78, 5) is 10.8. The molecule has 0 N–H and O–H groups in total. The van der Waals surface area contributed by atoms with Crippen molar-refractivity contribution in [2.24, 2.45) is 0 Å². The molecule has 0 aliphatic rings. The van der Waals surface area contributed by atoms with Crippen molar-refractivity contribution >= 4 is 17.6 Å². The molecule has 0 amide bonds. The Labute approximate surface area is 94.2 Å². The number of methoxy groups -OCH3 is 1. The molecule has 3 heteroatoms. The van der Waals surface area contributed by atoms with E-state index in [1.165, 1.54) is 7.11 Å². The third-order valence-corrected chi connectivity index (χ3v) is 2.11. The van der Waals surface area contributed by atoms with Crippen molar-refractivity contribution in [2.75, 3.05) is 7.11 Å². The Balaban J connectivity index is 2.60. The predicted molar refractivity (Wildman–Crippen MR) is 59.5 cm³/mol. The molecule has 0 aliphatic heterocycles. The normalized spacial score (nSPS) is 8.93. The fourth-order valence-electron chi connectivity index (χ4n) is 0.968. The van der Waals surface area contributed by atoms with Crippen molar-refractivity contribution in [1.82, 2.24) is 0 Å². The molecular formula is C12H11ClO2. The molecule has 1 rings (SSSR count). The van der Waals surface area contributed by atoms with Gasteiger partial charge in [0.1, 0.15) is 6.42 Å². The molecule has 0 aliphatic carbocycles. The standard InChI is InChI=1S/C12H11ClO2/c1-15-12(14)4-2-3-10-5-7-11(9-13)8-6-10/h5-8H,4,9H2,1H3. The van der Waals surface area contributed by atoms with Gasteiger partial charge in [-0.25, -0.2) is 0 Å². The minimum Gasteiger partial charge on any atom is -0.468 e. The highest BCUT2D eigenvalue weighted by molar-refractivity contribution is 6.17.